The van der Waals surface area contributed by atoms with Crippen LogP contribution >= 0.6 is 11.6 Å². The second-order valence-electron chi connectivity index (χ2n) is 5.02. The van der Waals surface area contributed by atoms with Crippen LogP contribution in [0.4, 0.5) is 0 Å². The molecule has 3 rings (SSSR count). The fourth-order valence-corrected chi connectivity index (χ4v) is 2.84. The predicted octanol–water partition coefficient (Wildman–Crippen LogP) is 2.97. The van der Waals surface area contributed by atoms with Gasteiger partial charge in [0, 0.05) is 18.5 Å². The summed E-state index contributed by atoms with van der Waals surface area (Å²) in [5.74, 6) is 6.69. The maximum Gasteiger partial charge on any atom is 0.111 e. The van der Waals surface area contributed by atoms with Crippen LogP contribution in [-0.2, 0) is 13.5 Å². The second kappa shape index (κ2) is 5.85. The molecule has 3 N–H and O–H groups in total. The maximum atomic E-state index is 6.26. The minimum Gasteiger partial charge on any atom is -0.331 e. The molecule has 1 unspecified atom stereocenters. The van der Waals surface area contributed by atoms with E-state index in [9.17, 15) is 0 Å². The SMILES string of the molecule is Cn1c(CC(NN)c2ccccc2Cl)nc2ccccc21. The van der Waals surface area contributed by atoms with Gasteiger partial charge in [-0.15, -0.1) is 0 Å². The Kier molecular flexibility index (Phi) is 3.92. The van der Waals surface area contributed by atoms with Gasteiger partial charge in [-0.05, 0) is 23.8 Å². The van der Waals surface area contributed by atoms with Gasteiger partial charge in [0.1, 0.15) is 5.82 Å². The molecule has 0 radical (unpaired) electrons. The van der Waals surface area contributed by atoms with Gasteiger partial charge in [0.2, 0.25) is 0 Å². The monoisotopic (exact) mass is 300 g/mol. The Labute approximate surface area is 128 Å². The van der Waals surface area contributed by atoms with E-state index < -0.39 is 0 Å². The molecule has 0 saturated heterocycles. The van der Waals surface area contributed by atoms with E-state index in [1.54, 1.807) is 0 Å². The van der Waals surface area contributed by atoms with Crippen molar-refractivity contribution in [2.45, 2.75) is 12.5 Å². The first-order valence-corrected chi connectivity index (χ1v) is 7.19. The summed E-state index contributed by atoms with van der Waals surface area (Å²) in [5.41, 5.74) is 5.93. The lowest BCUT2D eigenvalue weighted by atomic mass is 10.0. The molecule has 0 amide bonds. The largest absolute Gasteiger partial charge is 0.331 e. The third-order valence-corrected chi connectivity index (χ3v) is 4.09. The summed E-state index contributed by atoms with van der Waals surface area (Å²) in [6.45, 7) is 0. The van der Waals surface area contributed by atoms with Crippen molar-refractivity contribution in [3.8, 4) is 0 Å². The van der Waals surface area contributed by atoms with Crippen LogP contribution in [0.1, 0.15) is 17.4 Å². The van der Waals surface area contributed by atoms with E-state index in [1.807, 2.05) is 49.5 Å². The summed E-state index contributed by atoms with van der Waals surface area (Å²) < 4.78 is 2.09. The van der Waals surface area contributed by atoms with Gasteiger partial charge in [-0.25, -0.2) is 4.98 Å². The van der Waals surface area contributed by atoms with Gasteiger partial charge >= 0.3 is 0 Å². The normalized spacial score (nSPS) is 12.7. The molecule has 0 aliphatic heterocycles. The van der Waals surface area contributed by atoms with Gasteiger partial charge < -0.3 is 4.57 Å². The highest BCUT2D eigenvalue weighted by Crippen LogP contribution is 2.26. The van der Waals surface area contributed by atoms with Gasteiger partial charge in [0.05, 0.1) is 17.1 Å². The molecule has 1 heterocycles. The molecule has 1 atom stereocenters. The lowest BCUT2D eigenvalue weighted by Gasteiger charge is -2.17. The lowest BCUT2D eigenvalue weighted by Crippen LogP contribution is -2.30. The molecule has 0 aliphatic carbocycles. The maximum absolute atomic E-state index is 6.26. The molecule has 108 valence electrons. The van der Waals surface area contributed by atoms with Crippen molar-refractivity contribution in [2.24, 2.45) is 12.9 Å². The van der Waals surface area contributed by atoms with Crippen LogP contribution in [0.25, 0.3) is 11.0 Å². The summed E-state index contributed by atoms with van der Waals surface area (Å²) >= 11 is 6.26. The molecule has 5 heteroatoms. The zero-order chi connectivity index (χ0) is 14.8. The number of benzene rings is 2. The number of fused-ring (bicyclic) bond motifs is 1. The van der Waals surface area contributed by atoms with Gasteiger partial charge in [0.25, 0.3) is 0 Å². The highest BCUT2D eigenvalue weighted by Gasteiger charge is 2.17. The fraction of sp³-hybridized carbons (Fsp3) is 0.188. The summed E-state index contributed by atoms with van der Waals surface area (Å²) in [6.07, 6.45) is 0.672. The summed E-state index contributed by atoms with van der Waals surface area (Å²) in [5, 5.41) is 0.708. The van der Waals surface area contributed by atoms with E-state index >= 15 is 0 Å². The van der Waals surface area contributed by atoms with Crippen molar-refractivity contribution in [3.05, 3.63) is 64.9 Å². The van der Waals surface area contributed by atoms with E-state index in [2.05, 4.69) is 21.0 Å². The van der Waals surface area contributed by atoms with E-state index in [4.69, 9.17) is 17.4 Å². The minimum atomic E-state index is -0.0748. The van der Waals surface area contributed by atoms with Crippen molar-refractivity contribution in [3.63, 3.8) is 0 Å². The first-order valence-electron chi connectivity index (χ1n) is 6.81. The highest BCUT2D eigenvalue weighted by atomic mass is 35.5. The summed E-state index contributed by atoms with van der Waals surface area (Å²) in [6, 6.07) is 15.7. The highest BCUT2D eigenvalue weighted by molar-refractivity contribution is 6.31. The van der Waals surface area contributed by atoms with E-state index in [-0.39, 0.29) is 6.04 Å². The van der Waals surface area contributed by atoms with Crippen molar-refractivity contribution in [1.82, 2.24) is 15.0 Å². The molecule has 0 spiro atoms. The van der Waals surface area contributed by atoms with Gasteiger partial charge in [-0.3, -0.25) is 11.3 Å². The molecule has 0 aliphatic rings. The van der Waals surface area contributed by atoms with E-state index in [0.29, 0.717) is 11.4 Å². The van der Waals surface area contributed by atoms with Crippen LogP contribution in [0.2, 0.25) is 5.02 Å². The number of nitrogens with one attached hydrogen (secondary N) is 1. The number of para-hydroxylation sites is 2. The minimum absolute atomic E-state index is 0.0748. The Morgan fingerprint density at radius 2 is 1.90 bits per heavy atom. The van der Waals surface area contributed by atoms with Crippen LogP contribution in [0.3, 0.4) is 0 Å². The number of rotatable bonds is 4. The fourth-order valence-electron chi connectivity index (χ4n) is 2.58. The summed E-state index contributed by atoms with van der Waals surface area (Å²) in [4.78, 5) is 4.68. The Morgan fingerprint density at radius 1 is 1.19 bits per heavy atom. The number of aryl methyl sites for hydroxylation is 1. The van der Waals surface area contributed by atoms with Gasteiger partial charge in [0.15, 0.2) is 0 Å². The number of nitrogens with two attached hydrogens (primary N) is 1. The smallest absolute Gasteiger partial charge is 0.111 e. The van der Waals surface area contributed by atoms with Crippen LogP contribution in [0.5, 0.6) is 0 Å². The van der Waals surface area contributed by atoms with E-state index in [1.165, 1.54) is 0 Å². The number of nitrogens with zero attached hydrogens (tertiary/aromatic N) is 2. The van der Waals surface area contributed by atoms with Crippen molar-refractivity contribution < 1.29 is 0 Å². The third kappa shape index (κ3) is 2.65. The molecular weight excluding hydrogens is 284 g/mol. The third-order valence-electron chi connectivity index (χ3n) is 3.75. The molecular formula is C16H17ClN4. The molecule has 3 aromatic rings. The average Bonchev–Trinajstić information content (AvgIpc) is 2.82. The molecule has 4 nitrogen and oxygen atoms in total. The average molecular weight is 301 g/mol. The molecule has 21 heavy (non-hydrogen) atoms. The zero-order valence-electron chi connectivity index (χ0n) is 11.8. The molecule has 0 fully saturated rings. The second-order valence-corrected chi connectivity index (χ2v) is 5.43. The standard InChI is InChI=1S/C16H17ClN4/c1-21-15-9-5-4-8-13(15)19-16(21)10-14(20-18)11-6-2-3-7-12(11)17/h2-9,14,20H,10,18H2,1H3. The van der Waals surface area contributed by atoms with Crippen molar-refractivity contribution in [2.75, 3.05) is 0 Å². The lowest BCUT2D eigenvalue weighted by molar-refractivity contribution is 0.532. The predicted molar refractivity (Wildman–Crippen MR) is 85.9 cm³/mol. The molecule has 2 aromatic carbocycles. The Hall–Kier alpha value is -1.88. The van der Waals surface area contributed by atoms with Crippen LogP contribution in [-0.4, -0.2) is 9.55 Å². The number of aromatic nitrogens is 2. The zero-order valence-corrected chi connectivity index (χ0v) is 12.5. The quantitative estimate of drug-likeness (QED) is 0.575. The number of hydrogen-bond donors (Lipinski definition) is 2. The summed E-state index contributed by atoms with van der Waals surface area (Å²) in [7, 11) is 2.02. The molecule has 0 bridgehead atoms. The van der Waals surface area contributed by atoms with E-state index in [0.717, 1.165) is 22.4 Å². The number of hydrazine groups is 1. The van der Waals surface area contributed by atoms with Crippen LogP contribution in [0, 0.1) is 0 Å². The van der Waals surface area contributed by atoms with Crippen LogP contribution < -0.4 is 11.3 Å². The number of halogens is 1. The van der Waals surface area contributed by atoms with Gasteiger partial charge in [-0.1, -0.05) is 41.9 Å². The Balaban J connectivity index is 1.96. The number of hydrogen-bond acceptors (Lipinski definition) is 3. The Morgan fingerprint density at radius 3 is 2.62 bits per heavy atom. The van der Waals surface area contributed by atoms with Gasteiger partial charge in [-0.2, -0.15) is 0 Å². The molecule has 1 aromatic heterocycles. The first kappa shape index (κ1) is 14.1. The van der Waals surface area contributed by atoms with Crippen molar-refractivity contribution in [1.29, 1.82) is 0 Å². The number of imidazole rings is 1. The first-order chi connectivity index (χ1) is 10.2. The molecule has 0 saturated carbocycles. The van der Waals surface area contributed by atoms with Crippen LogP contribution in [0.15, 0.2) is 48.5 Å². The topological polar surface area (TPSA) is 55.9 Å². The Bertz CT molecular complexity index is 766. The van der Waals surface area contributed by atoms with Crippen molar-refractivity contribution >= 4 is 22.6 Å².